The molecule has 6 heteroatoms. The lowest BCUT2D eigenvalue weighted by Gasteiger charge is -2.03. The van der Waals surface area contributed by atoms with Crippen molar-refractivity contribution < 1.29 is 9.21 Å². The van der Waals surface area contributed by atoms with Crippen molar-refractivity contribution in [2.75, 3.05) is 6.54 Å². The zero-order valence-corrected chi connectivity index (χ0v) is 12.8. The number of rotatable bonds is 9. The number of aromatic nitrogens is 1. The van der Waals surface area contributed by atoms with Crippen molar-refractivity contribution in [1.29, 1.82) is 0 Å². The van der Waals surface area contributed by atoms with Crippen LogP contribution in [0, 0.1) is 0 Å². The van der Waals surface area contributed by atoms with E-state index in [1.54, 1.807) is 6.26 Å². The van der Waals surface area contributed by atoms with Crippen molar-refractivity contribution >= 4 is 17.2 Å². The lowest BCUT2D eigenvalue weighted by atomic mass is 10.1. The fourth-order valence-electron chi connectivity index (χ4n) is 1.96. The first-order chi connectivity index (χ1) is 10.3. The Morgan fingerprint density at radius 1 is 1.33 bits per heavy atom. The van der Waals surface area contributed by atoms with E-state index < -0.39 is 0 Å². The van der Waals surface area contributed by atoms with Gasteiger partial charge in [-0.2, -0.15) is 0 Å². The lowest BCUT2D eigenvalue weighted by molar-refractivity contribution is -0.121. The van der Waals surface area contributed by atoms with Crippen LogP contribution in [0.1, 0.15) is 37.8 Å². The van der Waals surface area contributed by atoms with Crippen LogP contribution >= 0.6 is 11.3 Å². The molecule has 2 aromatic heterocycles. The second kappa shape index (κ2) is 8.59. The molecule has 3 N–H and O–H groups in total. The molecule has 0 aliphatic carbocycles. The third-order valence-electron chi connectivity index (χ3n) is 3.11. The molecule has 1 amide bonds. The van der Waals surface area contributed by atoms with Crippen LogP contribution in [-0.2, 0) is 11.3 Å². The van der Waals surface area contributed by atoms with Gasteiger partial charge in [-0.25, -0.2) is 4.98 Å². The van der Waals surface area contributed by atoms with E-state index in [0.717, 1.165) is 48.7 Å². The minimum Gasteiger partial charge on any atom is -0.462 e. The molecule has 2 heterocycles. The van der Waals surface area contributed by atoms with Crippen LogP contribution in [0.5, 0.6) is 0 Å². The van der Waals surface area contributed by atoms with Gasteiger partial charge >= 0.3 is 0 Å². The zero-order chi connectivity index (χ0) is 14.9. The van der Waals surface area contributed by atoms with E-state index in [2.05, 4.69) is 10.3 Å². The first-order valence-electron chi connectivity index (χ1n) is 7.24. The standard InChI is InChI=1S/C15H21N3O2S/c16-8-4-2-1-3-7-14(19)17-10-12-11-21-15(18-12)13-6-5-9-20-13/h5-6,9,11H,1-4,7-8,10,16H2,(H,17,19). The van der Waals surface area contributed by atoms with Crippen LogP contribution in [0.25, 0.3) is 10.8 Å². The van der Waals surface area contributed by atoms with Gasteiger partial charge in [0.25, 0.3) is 0 Å². The van der Waals surface area contributed by atoms with Gasteiger partial charge < -0.3 is 15.5 Å². The number of carbonyl (C=O) groups excluding carboxylic acids is 1. The van der Waals surface area contributed by atoms with Crippen molar-refractivity contribution in [3.63, 3.8) is 0 Å². The average Bonchev–Trinajstić information content (AvgIpc) is 3.15. The number of hydrogen-bond donors (Lipinski definition) is 2. The predicted molar refractivity (Wildman–Crippen MR) is 83.8 cm³/mol. The van der Waals surface area contributed by atoms with E-state index in [1.807, 2.05) is 17.5 Å². The molecule has 2 aromatic rings. The zero-order valence-electron chi connectivity index (χ0n) is 12.0. The van der Waals surface area contributed by atoms with Gasteiger partial charge in [0.1, 0.15) is 0 Å². The molecule has 21 heavy (non-hydrogen) atoms. The Balaban J connectivity index is 1.67. The monoisotopic (exact) mass is 307 g/mol. The molecule has 0 bridgehead atoms. The van der Waals surface area contributed by atoms with Crippen molar-refractivity contribution in [3.8, 4) is 10.8 Å². The highest BCUT2D eigenvalue weighted by Gasteiger charge is 2.08. The van der Waals surface area contributed by atoms with Gasteiger partial charge in [0.15, 0.2) is 10.8 Å². The summed E-state index contributed by atoms with van der Waals surface area (Å²) in [7, 11) is 0. The molecular formula is C15H21N3O2S. The first kappa shape index (κ1) is 15.7. The van der Waals surface area contributed by atoms with Crippen molar-refractivity contribution in [2.24, 2.45) is 5.73 Å². The number of nitrogens with two attached hydrogens (primary N) is 1. The Hall–Kier alpha value is -1.66. The number of amides is 1. The van der Waals surface area contributed by atoms with Crippen LogP contribution in [0.2, 0.25) is 0 Å². The minimum absolute atomic E-state index is 0.0790. The first-order valence-corrected chi connectivity index (χ1v) is 8.12. The highest BCUT2D eigenvalue weighted by atomic mass is 32.1. The fourth-order valence-corrected chi connectivity index (χ4v) is 2.75. The fraction of sp³-hybridized carbons (Fsp3) is 0.467. The Morgan fingerprint density at radius 2 is 2.19 bits per heavy atom. The van der Waals surface area contributed by atoms with E-state index in [-0.39, 0.29) is 5.91 Å². The molecule has 2 rings (SSSR count). The van der Waals surface area contributed by atoms with Crippen molar-refractivity contribution in [3.05, 3.63) is 29.5 Å². The number of unbranched alkanes of at least 4 members (excludes halogenated alkanes) is 3. The van der Waals surface area contributed by atoms with E-state index in [1.165, 1.54) is 11.3 Å². The summed E-state index contributed by atoms with van der Waals surface area (Å²) in [5, 5.41) is 5.68. The summed E-state index contributed by atoms with van der Waals surface area (Å²) >= 11 is 1.52. The highest BCUT2D eigenvalue weighted by molar-refractivity contribution is 7.13. The molecule has 0 spiro atoms. The van der Waals surface area contributed by atoms with E-state index in [4.69, 9.17) is 10.2 Å². The summed E-state index contributed by atoms with van der Waals surface area (Å²) in [6, 6.07) is 3.71. The molecule has 0 atom stereocenters. The van der Waals surface area contributed by atoms with Crippen LogP contribution in [-0.4, -0.2) is 17.4 Å². The summed E-state index contributed by atoms with van der Waals surface area (Å²) in [5.74, 6) is 0.841. The normalized spacial score (nSPS) is 10.7. The Bertz CT molecular complexity index is 537. The summed E-state index contributed by atoms with van der Waals surface area (Å²) < 4.78 is 5.30. The maximum Gasteiger partial charge on any atom is 0.220 e. The second-order valence-corrected chi connectivity index (χ2v) is 5.71. The molecule has 0 aliphatic heterocycles. The molecule has 0 aromatic carbocycles. The largest absolute Gasteiger partial charge is 0.462 e. The van der Waals surface area contributed by atoms with Gasteiger partial charge in [-0.3, -0.25) is 4.79 Å². The summed E-state index contributed by atoms with van der Waals surface area (Å²) in [4.78, 5) is 16.1. The smallest absolute Gasteiger partial charge is 0.220 e. The Labute approximate surface area is 128 Å². The minimum atomic E-state index is 0.0790. The van der Waals surface area contributed by atoms with Gasteiger partial charge in [0.05, 0.1) is 18.5 Å². The van der Waals surface area contributed by atoms with Crippen LogP contribution < -0.4 is 11.1 Å². The molecule has 5 nitrogen and oxygen atoms in total. The third-order valence-corrected chi connectivity index (χ3v) is 4.01. The van der Waals surface area contributed by atoms with Gasteiger partial charge in [0, 0.05) is 11.8 Å². The number of nitrogens with zero attached hydrogens (tertiary/aromatic N) is 1. The van der Waals surface area contributed by atoms with Crippen LogP contribution in [0.4, 0.5) is 0 Å². The number of hydrogen-bond acceptors (Lipinski definition) is 5. The lowest BCUT2D eigenvalue weighted by Crippen LogP contribution is -2.22. The molecule has 0 saturated carbocycles. The quantitative estimate of drug-likeness (QED) is 0.698. The Morgan fingerprint density at radius 3 is 2.95 bits per heavy atom. The van der Waals surface area contributed by atoms with Crippen molar-refractivity contribution in [1.82, 2.24) is 10.3 Å². The SMILES string of the molecule is NCCCCCCC(=O)NCc1csc(-c2ccco2)n1. The third kappa shape index (κ3) is 5.32. The summed E-state index contributed by atoms with van der Waals surface area (Å²) in [5.41, 5.74) is 6.29. The second-order valence-electron chi connectivity index (χ2n) is 4.85. The van der Waals surface area contributed by atoms with Gasteiger partial charge in [-0.15, -0.1) is 11.3 Å². The summed E-state index contributed by atoms with van der Waals surface area (Å²) in [6.07, 6.45) is 6.31. The number of nitrogens with one attached hydrogen (secondary N) is 1. The maximum atomic E-state index is 11.7. The maximum absolute atomic E-state index is 11.7. The van der Waals surface area contributed by atoms with E-state index in [0.29, 0.717) is 13.0 Å². The van der Waals surface area contributed by atoms with Gasteiger partial charge in [-0.05, 0) is 31.5 Å². The number of furan rings is 1. The topological polar surface area (TPSA) is 81.2 Å². The predicted octanol–water partition coefficient (Wildman–Crippen LogP) is 2.93. The molecule has 0 unspecified atom stereocenters. The number of carbonyl (C=O) groups is 1. The molecule has 0 radical (unpaired) electrons. The van der Waals surface area contributed by atoms with E-state index in [9.17, 15) is 4.79 Å². The van der Waals surface area contributed by atoms with Gasteiger partial charge in [-0.1, -0.05) is 12.8 Å². The number of thiazole rings is 1. The summed E-state index contributed by atoms with van der Waals surface area (Å²) in [6.45, 7) is 1.20. The molecule has 0 saturated heterocycles. The molecular weight excluding hydrogens is 286 g/mol. The highest BCUT2D eigenvalue weighted by Crippen LogP contribution is 2.23. The van der Waals surface area contributed by atoms with Crippen molar-refractivity contribution in [2.45, 2.75) is 38.6 Å². The van der Waals surface area contributed by atoms with Crippen LogP contribution in [0.3, 0.4) is 0 Å². The molecule has 0 aliphatic rings. The average molecular weight is 307 g/mol. The van der Waals surface area contributed by atoms with E-state index >= 15 is 0 Å². The van der Waals surface area contributed by atoms with Crippen LogP contribution in [0.15, 0.2) is 28.2 Å². The Kier molecular flexibility index (Phi) is 6.43. The molecule has 114 valence electrons. The molecule has 0 fully saturated rings. The van der Waals surface area contributed by atoms with Gasteiger partial charge in [0.2, 0.25) is 5.91 Å².